The van der Waals surface area contributed by atoms with Crippen molar-refractivity contribution in [3.8, 4) is 6.07 Å². The summed E-state index contributed by atoms with van der Waals surface area (Å²) in [5.74, 6) is -0.835. The lowest BCUT2D eigenvalue weighted by Crippen LogP contribution is -2.16. The quantitative estimate of drug-likeness (QED) is 0.813. The SMILES string of the molecule is CC(C)S(=O)(=O)Cc1cc(F)ccc1C#N. The van der Waals surface area contributed by atoms with Gasteiger partial charge in [-0.25, -0.2) is 12.8 Å². The van der Waals surface area contributed by atoms with Gasteiger partial charge in [0.05, 0.1) is 22.6 Å². The van der Waals surface area contributed by atoms with Gasteiger partial charge in [-0.15, -0.1) is 0 Å². The Morgan fingerprint density at radius 2 is 2.06 bits per heavy atom. The standard InChI is InChI=1S/C11H12FNO2S/c1-8(2)16(14,15)7-10-5-11(12)4-3-9(10)6-13/h3-5,8H,7H2,1-2H3. The van der Waals surface area contributed by atoms with Crippen molar-refractivity contribution >= 4 is 9.84 Å². The zero-order valence-electron chi connectivity index (χ0n) is 9.07. The first kappa shape index (κ1) is 12.7. The van der Waals surface area contributed by atoms with Gasteiger partial charge in [-0.1, -0.05) is 0 Å². The van der Waals surface area contributed by atoms with Crippen molar-refractivity contribution in [2.75, 3.05) is 0 Å². The molecule has 0 aliphatic rings. The second kappa shape index (κ2) is 4.62. The molecule has 0 aliphatic heterocycles. The summed E-state index contributed by atoms with van der Waals surface area (Å²) in [7, 11) is -3.32. The van der Waals surface area contributed by atoms with E-state index in [4.69, 9.17) is 5.26 Å². The van der Waals surface area contributed by atoms with E-state index in [0.29, 0.717) is 0 Å². The van der Waals surface area contributed by atoms with E-state index in [1.807, 2.05) is 6.07 Å². The molecule has 3 nitrogen and oxygen atoms in total. The fourth-order valence-electron chi connectivity index (χ4n) is 1.17. The van der Waals surface area contributed by atoms with Crippen LogP contribution in [0.1, 0.15) is 25.0 Å². The highest BCUT2D eigenvalue weighted by Gasteiger charge is 2.19. The van der Waals surface area contributed by atoms with Crippen LogP contribution in [0.5, 0.6) is 0 Å². The first-order valence-electron chi connectivity index (χ1n) is 4.77. The Balaban J connectivity index is 3.16. The van der Waals surface area contributed by atoms with Gasteiger partial charge in [0, 0.05) is 0 Å². The molecular weight excluding hydrogens is 229 g/mol. The van der Waals surface area contributed by atoms with Crippen LogP contribution in [-0.2, 0) is 15.6 Å². The van der Waals surface area contributed by atoms with Crippen molar-refractivity contribution < 1.29 is 12.8 Å². The molecule has 0 aliphatic carbocycles. The number of benzene rings is 1. The molecule has 0 amide bonds. The Hall–Kier alpha value is -1.41. The molecule has 1 rings (SSSR count). The van der Waals surface area contributed by atoms with Crippen LogP contribution in [-0.4, -0.2) is 13.7 Å². The van der Waals surface area contributed by atoms with Crippen molar-refractivity contribution in [2.45, 2.75) is 24.9 Å². The number of nitriles is 1. The minimum Gasteiger partial charge on any atom is -0.228 e. The number of halogens is 1. The Bertz CT molecular complexity index is 529. The molecule has 0 atom stereocenters. The predicted molar refractivity (Wildman–Crippen MR) is 58.9 cm³/mol. The summed E-state index contributed by atoms with van der Waals surface area (Å²) in [5, 5.41) is 8.24. The molecule has 0 N–H and O–H groups in total. The smallest absolute Gasteiger partial charge is 0.156 e. The van der Waals surface area contributed by atoms with Crippen LogP contribution in [0.15, 0.2) is 18.2 Å². The molecule has 0 bridgehead atoms. The van der Waals surface area contributed by atoms with Crippen LogP contribution in [0, 0.1) is 17.1 Å². The zero-order chi connectivity index (χ0) is 12.3. The predicted octanol–water partition coefficient (Wildman–Crippen LogP) is 2.02. The molecule has 16 heavy (non-hydrogen) atoms. The van der Waals surface area contributed by atoms with E-state index in [2.05, 4.69) is 0 Å². The maximum Gasteiger partial charge on any atom is 0.156 e. The lowest BCUT2D eigenvalue weighted by Gasteiger charge is -2.08. The van der Waals surface area contributed by atoms with Crippen molar-refractivity contribution in [3.05, 3.63) is 35.1 Å². The molecule has 0 spiro atoms. The molecule has 0 saturated carbocycles. The van der Waals surface area contributed by atoms with Gasteiger partial charge in [0.25, 0.3) is 0 Å². The van der Waals surface area contributed by atoms with E-state index in [0.717, 1.165) is 12.1 Å². The average Bonchev–Trinajstić information content (AvgIpc) is 2.17. The highest BCUT2D eigenvalue weighted by atomic mass is 32.2. The topological polar surface area (TPSA) is 57.9 Å². The number of hydrogen-bond acceptors (Lipinski definition) is 3. The Labute approximate surface area is 94.4 Å². The van der Waals surface area contributed by atoms with Crippen molar-refractivity contribution in [2.24, 2.45) is 0 Å². The van der Waals surface area contributed by atoms with Crippen LogP contribution >= 0.6 is 0 Å². The molecule has 0 fully saturated rings. The van der Waals surface area contributed by atoms with Crippen molar-refractivity contribution in [3.63, 3.8) is 0 Å². The van der Waals surface area contributed by atoms with Gasteiger partial charge >= 0.3 is 0 Å². The van der Waals surface area contributed by atoms with Crippen LogP contribution in [0.2, 0.25) is 0 Å². The first-order valence-corrected chi connectivity index (χ1v) is 6.48. The summed E-state index contributed by atoms with van der Waals surface area (Å²) in [5.41, 5.74) is 0.418. The summed E-state index contributed by atoms with van der Waals surface area (Å²) in [4.78, 5) is 0. The van der Waals surface area contributed by atoms with E-state index in [-0.39, 0.29) is 16.9 Å². The van der Waals surface area contributed by atoms with Crippen LogP contribution in [0.4, 0.5) is 4.39 Å². The molecule has 0 saturated heterocycles. The number of nitrogens with zero attached hydrogens (tertiary/aromatic N) is 1. The van der Waals surface area contributed by atoms with Crippen LogP contribution in [0.25, 0.3) is 0 Å². The van der Waals surface area contributed by atoms with Crippen LogP contribution < -0.4 is 0 Å². The fraction of sp³-hybridized carbons (Fsp3) is 0.364. The summed E-state index contributed by atoms with van der Waals surface area (Å²) >= 11 is 0. The number of rotatable bonds is 3. The van der Waals surface area contributed by atoms with Gasteiger partial charge in [-0.3, -0.25) is 0 Å². The van der Waals surface area contributed by atoms with Crippen molar-refractivity contribution in [1.82, 2.24) is 0 Å². The monoisotopic (exact) mass is 241 g/mol. The molecule has 0 aromatic heterocycles. The maximum absolute atomic E-state index is 13.0. The van der Waals surface area contributed by atoms with Gasteiger partial charge < -0.3 is 0 Å². The zero-order valence-corrected chi connectivity index (χ0v) is 9.88. The second-order valence-electron chi connectivity index (χ2n) is 3.77. The molecule has 0 radical (unpaired) electrons. The molecule has 1 aromatic carbocycles. The number of hydrogen-bond donors (Lipinski definition) is 0. The van der Waals surface area contributed by atoms with Crippen molar-refractivity contribution in [1.29, 1.82) is 5.26 Å². The summed E-state index contributed by atoms with van der Waals surface area (Å²) in [6.07, 6.45) is 0. The van der Waals surface area contributed by atoms with Gasteiger partial charge in [-0.2, -0.15) is 5.26 Å². The van der Waals surface area contributed by atoms with Gasteiger partial charge in [-0.05, 0) is 37.6 Å². The van der Waals surface area contributed by atoms with E-state index >= 15 is 0 Å². The van der Waals surface area contributed by atoms with E-state index in [9.17, 15) is 12.8 Å². The molecule has 0 unspecified atom stereocenters. The highest BCUT2D eigenvalue weighted by Crippen LogP contribution is 2.16. The third-order valence-corrected chi connectivity index (χ3v) is 4.41. The van der Waals surface area contributed by atoms with E-state index < -0.39 is 20.9 Å². The highest BCUT2D eigenvalue weighted by molar-refractivity contribution is 7.91. The average molecular weight is 241 g/mol. The third-order valence-electron chi connectivity index (χ3n) is 2.26. The van der Waals surface area contributed by atoms with E-state index in [1.165, 1.54) is 6.07 Å². The van der Waals surface area contributed by atoms with Gasteiger partial charge in [0.1, 0.15) is 5.82 Å². The lowest BCUT2D eigenvalue weighted by molar-refractivity contribution is 0.586. The Morgan fingerprint density at radius 1 is 1.44 bits per heavy atom. The summed E-state index contributed by atoms with van der Waals surface area (Å²) in [6, 6.07) is 5.38. The lowest BCUT2D eigenvalue weighted by atomic mass is 10.1. The largest absolute Gasteiger partial charge is 0.228 e. The number of sulfone groups is 1. The minimum absolute atomic E-state index is 0.200. The van der Waals surface area contributed by atoms with Gasteiger partial charge in [0.2, 0.25) is 0 Å². The molecule has 1 aromatic rings. The Morgan fingerprint density at radius 3 is 2.56 bits per heavy atom. The molecular formula is C11H12FNO2S. The normalized spacial score (nSPS) is 11.4. The van der Waals surface area contributed by atoms with Crippen LogP contribution in [0.3, 0.4) is 0 Å². The Kier molecular flexibility index (Phi) is 3.66. The first-order chi connectivity index (χ1) is 7.36. The fourth-order valence-corrected chi connectivity index (χ4v) is 2.18. The van der Waals surface area contributed by atoms with Gasteiger partial charge in [0.15, 0.2) is 9.84 Å². The third kappa shape index (κ3) is 2.80. The minimum atomic E-state index is -3.32. The maximum atomic E-state index is 13.0. The molecule has 0 heterocycles. The van der Waals surface area contributed by atoms with E-state index in [1.54, 1.807) is 13.8 Å². The summed E-state index contributed by atoms with van der Waals surface area (Å²) in [6.45, 7) is 3.11. The summed E-state index contributed by atoms with van der Waals surface area (Å²) < 4.78 is 36.3. The second-order valence-corrected chi connectivity index (χ2v) is 6.33. The molecule has 5 heteroatoms. The molecule has 86 valence electrons.